The van der Waals surface area contributed by atoms with Crippen LogP contribution in [0.15, 0.2) is 48.5 Å². The molecule has 2 N–H and O–H groups in total. The van der Waals surface area contributed by atoms with Crippen molar-refractivity contribution < 1.29 is 9.90 Å². The van der Waals surface area contributed by atoms with Crippen molar-refractivity contribution in [1.29, 1.82) is 0 Å². The van der Waals surface area contributed by atoms with Gasteiger partial charge in [-0.15, -0.1) is 0 Å². The van der Waals surface area contributed by atoms with Crippen LogP contribution in [0.5, 0.6) is 5.75 Å². The number of carbonyl (C=O) groups excluding carboxylic acids is 1. The number of piperidine rings is 1. The number of hydrogen-bond acceptors (Lipinski definition) is 6. The van der Waals surface area contributed by atoms with Gasteiger partial charge in [0.25, 0.3) is 0 Å². The number of halogens is 1. The Morgan fingerprint density at radius 2 is 1.93 bits per heavy atom. The predicted octanol–water partition coefficient (Wildman–Crippen LogP) is 4.42. The molecule has 6 nitrogen and oxygen atoms in total. The fraction of sp³-hybridized carbons (Fsp3) is 0.250. The fourth-order valence-electron chi connectivity index (χ4n) is 3.22. The van der Waals surface area contributed by atoms with Crippen molar-refractivity contribution in [1.82, 2.24) is 9.36 Å². The summed E-state index contributed by atoms with van der Waals surface area (Å²) < 4.78 is 4.46. The van der Waals surface area contributed by atoms with Crippen molar-refractivity contribution >= 4 is 39.9 Å². The number of anilines is 2. The van der Waals surface area contributed by atoms with Gasteiger partial charge in [-0.05, 0) is 31.0 Å². The molecule has 0 spiro atoms. The van der Waals surface area contributed by atoms with Crippen molar-refractivity contribution in [3.05, 3.63) is 53.6 Å². The van der Waals surface area contributed by atoms with Crippen molar-refractivity contribution in [2.45, 2.75) is 12.8 Å². The number of benzene rings is 2. The topological polar surface area (TPSA) is 78.4 Å². The molecule has 0 unspecified atom stereocenters. The summed E-state index contributed by atoms with van der Waals surface area (Å²) in [6, 6.07) is 14.5. The first kappa shape index (κ1) is 18.7. The molecule has 1 saturated heterocycles. The van der Waals surface area contributed by atoms with E-state index in [2.05, 4.69) is 19.6 Å². The second-order valence-corrected chi connectivity index (χ2v) is 7.85. The number of hydrogen-bond donors (Lipinski definition) is 2. The first-order valence-corrected chi connectivity index (χ1v) is 10.2. The van der Waals surface area contributed by atoms with Crippen LogP contribution >= 0.6 is 23.1 Å². The first-order valence-electron chi connectivity index (χ1n) is 9.03. The summed E-state index contributed by atoms with van der Waals surface area (Å²) >= 11 is 7.32. The molecule has 1 fully saturated rings. The molecule has 0 radical (unpaired) electrons. The van der Waals surface area contributed by atoms with Crippen molar-refractivity contribution in [2.24, 2.45) is 5.92 Å². The van der Waals surface area contributed by atoms with Crippen molar-refractivity contribution in [3.8, 4) is 17.1 Å². The van der Waals surface area contributed by atoms with Gasteiger partial charge < -0.3 is 15.3 Å². The van der Waals surface area contributed by atoms with Crippen molar-refractivity contribution in [3.63, 3.8) is 0 Å². The lowest BCUT2D eigenvalue weighted by molar-refractivity contribution is -0.120. The zero-order chi connectivity index (χ0) is 19.5. The maximum atomic E-state index is 12.6. The molecule has 2 heterocycles. The van der Waals surface area contributed by atoms with Gasteiger partial charge >= 0.3 is 0 Å². The van der Waals surface area contributed by atoms with E-state index in [1.807, 2.05) is 30.3 Å². The average molecular weight is 415 g/mol. The second kappa shape index (κ2) is 8.16. The van der Waals surface area contributed by atoms with Crippen LogP contribution in [-0.2, 0) is 4.79 Å². The van der Waals surface area contributed by atoms with Crippen LogP contribution in [-0.4, -0.2) is 33.5 Å². The molecule has 0 atom stereocenters. The fourth-order valence-corrected chi connectivity index (χ4v) is 4.14. The lowest BCUT2D eigenvalue weighted by atomic mass is 9.96. The molecule has 4 rings (SSSR count). The van der Waals surface area contributed by atoms with Crippen LogP contribution in [0.3, 0.4) is 0 Å². The van der Waals surface area contributed by atoms with E-state index >= 15 is 0 Å². The Balaban J connectivity index is 1.36. The molecule has 0 aliphatic carbocycles. The molecule has 0 saturated carbocycles. The van der Waals surface area contributed by atoms with Gasteiger partial charge in [-0.25, -0.2) is 0 Å². The summed E-state index contributed by atoms with van der Waals surface area (Å²) in [6.45, 7) is 1.48. The van der Waals surface area contributed by atoms with E-state index in [4.69, 9.17) is 11.6 Å². The van der Waals surface area contributed by atoms with E-state index < -0.39 is 0 Å². The molecular formula is C20H19ClN4O2S. The van der Waals surface area contributed by atoms with Gasteiger partial charge in [0.1, 0.15) is 5.75 Å². The number of phenolic OH excluding ortho intramolecular Hbond substituents is 1. The second-order valence-electron chi connectivity index (χ2n) is 6.68. The molecule has 1 aliphatic rings. The maximum absolute atomic E-state index is 12.6. The van der Waals surface area contributed by atoms with Crippen LogP contribution in [0.4, 0.5) is 10.8 Å². The summed E-state index contributed by atoms with van der Waals surface area (Å²) in [5.41, 5.74) is 1.34. The SMILES string of the molecule is O=C(Nc1cc(Cl)ccc1O)C1CCN(c2nc(-c3ccccc3)ns2)CC1. The minimum atomic E-state index is -0.115. The highest BCUT2D eigenvalue weighted by Crippen LogP contribution is 2.30. The zero-order valence-corrected chi connectivity index (χ0v) is 16.6. The molecule has 0 bridgehead atoms. The molecule has 1 aromatic heterocycles. The highest BCUT2D eigenvalue weighted by atomic mass is 35.5. The predicted molar refractivity (Wildman–Crippen MR) is 112 cm³/mol. The van der Waals surface area contributed by atoms with Crippen LogP contribution < -0.4 is 10.2 Å². The number of rotatable bonds is 4. The monoisotopic (exact) mass is 414 g/mol. The van der Waals surface area contributed by atoms with E-state index in [9.17, 15) is 9.90 Å². The summed E-state index contributed by atoms with van der Waals surface area (Å²) in [5.74, 6) is 0.532. The quantitative estimate of drug-likeness (QED) is 0.618. The number of nitrogens with zero attached hydrogens (tertiary/aromatic N) is 3. The van der Waals surface area contributed by atoms with E-state index in [1.165, 1.54) is 17.6 Å². The number of carbonyl (C=O) groups is 1. The minimum Gasteiger partial charge on any atom is -0.506 e. The largest absolute Gasteiger partial charge is 0.506 e. The van der Waals surface area contributed by atoms with E-state index in [0.717, 1.165) is 29.6 Å². The first-order chi connectivity index (χ1) is 13.6. The zero-order valence-electron chi connectivity index (χ0n) is 15.0. The Bertz CT molecular complexity index is 971. The van der Waals surface area contributed by atoms with Crippen LogP contribution in [0.25, 0.3) is 11.4 Å². The van der Waals surface area contributed by atoms with Gasteiger partial charge in [0, 0.05) is 41.1 Å². The summed E-state index contributed by atoms with van der Waals surface area (Å²) in [6.07, 6.45) is 1.43. The highest BCUT2D eigenvalue weighted by molar-refractivity contribution is 7.09. The molecule has 1 aliphatic heterocycles. The third kappa shape index (κ3) is 4.10. The van der Waals surface area contributed by atoms with Gasteiger partial charge in [0.05, 0.1) is 5.69 Å². The molecule has 2 aromatic carbocycles. The smallest absolute Gasteiger partial charge is 0.227 e. The Labute approximate surface area is 172 Å². The highest BCUT2D eigenvalue weighted by Gasteiger charge is 2.27. The molecule has 1 amide bonds. The molecular weight excluding hydrogens is 396 g/mol. The number of nitrogens with one attached hydrogen (secondary N) is 1. The summed E-state index contributed by atoms with van der Waals surface area (Å²) in [5, 5.41) is 14.0. The average Bonchev–Trinajstić information content (AvgIpc) is 3.22. The number of aromatic hydroxyl groups is 1. The summed E-state index contributed by atoms with van der Waals surface area (Å²) in [7, 11) is 0. The van der Waals surface area contributed by atoms with Crippen LogP contribution in [0.1, 0.15) is 12.8 Å². The standard InChI is InChI=1S/C20H19ClN4O2S/c21-15-6-7-17(26)16(12-15)22-19(27)14-8-10-25(11-9-14)20-23-18(24-28-20)13-4-2-1-3-5-13/h1-7,12,14,26H,8-11H2,(H,22,27). The van der Waals surface area contributed by atoms with Crippen LogP contribution in [0, 0.1) is 5.92 Å². The number of amides is 1. The van der Waals surface area contributed by atoms with Gasteiger partial charge in [-0.3, -0.25) is 4.79 Å². The molecule has 28 heavy (non-hydrogen) atoms. The Kier molecular flexibility index (Phi) is 5.45. The third-order valence-electron chi connectivity index (χ3n) is 4.80. The minimum absolute atomic E-state index is 0.0116. The lowest BCUT2D eigenvalue weighted by Gasteiger charge is -2.30. The Hall–Kier alpha value is -2.64. The third-order valence-corrected chi connectivity index (χ3v) is 5.81. The van der Waals surface area contributed by atoms with Gasteiger partial charge in [-0.2, -0.15) is 9.36 Å². The molecule has 8 heteroatoms. The van der Waals surface area contributed by atoms with Crippen LogP contribution in [0.2, 0.25) is 5.02 Å². The molecule has 144 valence electrons. The van der Waals surface area contributed by atoms with E-state index in [-0.39, 0.29) is 17.6 Å². The van der Waals surface area contributed by atoms with E-state index in [1.54, 1.807) is 12.1 Å². The van der Waals surface area contributed by atoms with Gasteiger partial charge in [0.2, 0.25) is 11.0 Å². The van der Waals surface area contributed by atoms with Crippen molar-refractivity contribution in [2.75, 3.05) is 23.3 Å². The van der Waals surface area contributed by atoms with Gasteiger partial charge in [-0.1, -0.05) is 41.9 Å². The van der Waals surface area contributed by atoms with Gasteiger partial charge in [0.15, 0.2) is 5.82 Å². The molecule has 3 aromatic rings. The lowest BCUT2D eigenvalue weighted by Crippen LogP contribution is -2.38. The maximum Gasteiger partial charge on any atom is 0.227 e. The normalized spacial score (nSPS) is 14.8. The van der Waals surface area contributed by atoms with E-state index in [0.29, 0.717) is 23.6 Å². The Morgan fingerprint density at radius 1 is 1.18 bits per heavy atom. The summed E-state index contributed by atoms with van der Waals surface area (Å²) in [4.78, 5) is 19.4. The Morgan fingerprint density at radius 3 is 2.68 bits per heavy atom. The number of aromatic nitrogens is 2. The number of phenols is 1.